The normalized spacial score (nSPS) is 33.4. The van der Waals surface area contributed by atoms with Crippen LogP contribution in [-0.2, 0) is 0 Å². The zero-order valence-corrected chi connectivity index (χ0v) is 11.1. The zero-order chi connectivity index (χ0) is 14.1. The van der Waals surface area contributed by atoms with Gasteiger partial charge in [0.05, 0.1) is 40.0 Å². The Hall–Kier alpha value is -1.67. The molecule has 4 aliphatic rings. The van der Waals surface area contributed by atoms with Gasteiger partial charge in [-0.25, -0.2) is 4.79 Å². The topological polar surface area (TPSA) is 70.5 Å². The summed E-state index contributed by atoms with van der Waals surface area (Å²) in [6.45, 7) is 7.12. The highest BCUT2D eigenvalue weighted by atomic mass is 16.4. The standard InChI is InChI=1S/C7H6O3.C6H12N4/c8-6-4-2-1-3-5(6)7(9)10;1-7-2-9-4-8(1)5-10(3-7)6-9/h1-4,8H,(H,9,10);1-6H2. The van der Waals surface area contributed by atoms with Crippen LogP contribution in [0.4, 0.5) is 0 Å². The minimum absolute atomic E-state index is 0.0671. The third-order valence-corrected chi connectivity index (χ3v) is 3.53. The summed E-state index contributed by atoms with van der Waals surface area (Å²) >= 11 is 0. The van der Waals surface area contributed by atoms with Gasteiger partial charge in [0, 0.05) is 0 Å². The van der Waals surface area contributed by atoms with E-state index in [1.165, 1.54) is 52.1 Å². The third-order valence-electron chi connectivity index (χ3n) is 3.53. The monoisotopic (exact) mass is 278 g/mol. The Bertz CT molecular complexity index is 452. The van der Waals surface area contributed by atoms with Gasteiger partial charge in [0.2, 0.25) is 0 Å². The smallest absolute Gasteiger partial charge is 0.339 e. The van der Waals surface area contributed by atoms with Gasteiger partial charge >= 0.3 is 5.97 Å². The second kappa shape index (κ2) is 5.37. The summed E-state index contributed by atoms with van der Waals surface area (Å²) in [7, 11) is 0. The molecule has 0 unspecified atom stereocenters. The quantitative estimate of drug-likeness (QED) is 0.753. The van der Waals surface area contributed by atoms with Crippen molar-refractivity contribution < 1.29 is 15.0 Å². The summed E-state index contributed by atoms with van der Waals surface area (Å²) in [6.07, 6.45) is 0. The Morgan fingerprint density at radius 2 is 1.25 bits per heavy atom. The summed E-state index contributed by atoms with van der Waals surface area (Å²) in [5, 5.41) is 17.3. The molecule has 4 fully saturated rings. The fourth-order valence-corrected chi connectivity index (χ4v) is 2.89. The minimum atomic E-state index is -1.11. The Morgan fingerprint density at radius 3 is 1.55 bits per heavy atom. The highest BCUT2D eigenvalue weighted by Gasteiger charge is 2.36. The molecule has 7 nitrogen and oxygen atoms in total. The fraction of sp³-hybridized carbons (Fsp3) is 0.462. The van der Waals surface area contributed by atoms with E-state index in [4.69, 9.17) is 10.2 Å². The van der Waals surface area contributed by atoms with E-state index in [1.807, 2.05) is 0 Å². The number of carbonyl (C=O) groups is 1. The lowest BCUT2D eigenvalue weighted by Crippen LogP contribution is -2.71. The number of hydrogen-bond acceptors (Lipinski definition) is 6. The van der Waals surface area contributed by atoms with Crippen LogP contribution in [0.3, 0.4) is 0 Å². The molecular weight excluding hydrogens is 260 g/mol. The molecule has 0 radical (unpaired) electrons. The Balaban J connectivity index is 0.000000121. The first-order chi connectivity index (χ1) is 9.61. The number of rotatable bonds is 1. The molecule has 0 aliphatic carbocycles. The van der Waals surface area contributed by atoms with Crippen molar-refractivity contribution in [3.8, 4) is 5.75 Å². The van der Waals surface area contributed by atoms with Crippen LogP contribution in [0.2, 0.25) is 0 Å². The number of hydrogen-bond donors (Lipinski definition) is 2. The lowest BCUT2D eigenvalue weighted by atomic mass is 10.2. The molecule has 0 saturated carbocycles. The molecule has 7 heteroatoms. The van der Waals surface area contributed by atoms with Gasteiger partial charge in [-0.15, -0.1) is 0 Å². The van der Waals surface area contributed by atoms with Crippen LogP contribution in [-0.4, -0.2) is 75.8 Å². The van der Waals surface area contributed by atoms with E-state index in [9.17, 15) is 4.79 Å². The first kappa shape index (κ1) is 13.3. The number of nitrogens with zero attached hydrogens (tertiary/aromatic N) is 4. The maximum Gasteiger partial charge on any atom is 0.339 e. The maximum atomic E-state index is 10.3. The lowest BCUT2D eigenvalue weighted by Gasteiger charge is -2.56. The summed E-state index contributed by atoms with van der Waals surface area (Å²) in [6, 6.07) is 5.81. The summed E-state index contributed by atoms with van der Waals surface area (Å²) in [5.41, 5.74) is -0.0671. The number of carboxylic acids is 1. The molecule has 4 bridgehead atoms. The van der Waals surface area contributed by atoms with Gasteiger partial charge in [-0.05, 0) is 12.1 Å². The van der Waals surface area contributed by atoms with E-state index in [0.717, 1.165) is 0 Å². The Labute approximate surface area is 117 Å². The molecular formula is C13H18N4O3. The molecule has 0 spiro atoms. The van der Waals surface area contributed by atoms with Gasteiger partial charge in [-0.1, -0.05) is 12.1 Å². The Kier molecular flexibility index (Phi) is 3.58. The van der Waals surface area contributed by atoms with Crippen molar-refractivity contribution in [2.45, 2.75) is 0 Å². The fourth-order valence-electron chi connectivity index (χ4n) is 2.89. The van der Waals surface area contributed by atoms with E-state index < -0.39 is 5.97 Å². The van der Waals surface area contributed by atoms with Gasteiger partial charge in [0.15, 0.2) is 0 Å². The van der Waals surface area contributed by atoms with E-state index in [1.54, 1.807) is 12.1 Å². The number of phenols is 1. The van der Waals surface area contributed by atoms with E-state index in [2.05, 4.69) is 19.6 Å². The van der Waals surface area contributed by atoms with Gasteiger partial charge in [-0.2, -0.15) is 0 Å². The average Bonchev–Trinajstić information content (AvgIpc) is 2.38. The van der Waals surface area contributed by atoms with Gasteiger partial charge < -0.3 is 10.2 Å². The lowest BCUT2D eigenvalue weighted by molar-refractivity contribution is -0.194. The molecule has 0 aromatic heterocycles. The van der Waals surface area contributed by atoms with Crippen LogP contribution >= 0.6 is 0 Å². The molecule has 2 N–H and O–H groups in total. The van der Waals surface area contributed by atoms with E-state index in [-0.39, 0.29) is 11.3 Å². The van der Waals surface area contributed by atoms with Crippen LogP contribution in [0.25, 0.3) is 0 Å². The van der Waals surface area contributed by atoms with Crippen molar-refractivity contribution in [1.82, 2.24) is 19.6 Å². The third kappa shape index (κ3) is 2.75. The maximum absolute atomic E-state index is 10.3. The van der Waals surface area contributed by atoms with Crippen LogP contribution in [0.1, 0.15) is 10.4 Å². The molecule has 108 valence electrons. The molecule has 4 saturated heterocycles. The van der Waals surface area contributed by atoms with Gasteiger partial charge in [0.1, 0.15) is 11.3 Å². The molecule has 20 heavy (non-hydrogen) atoms. The second-order valence-corrected chi connectivity index (χ2v) is 5.35. The van der Waals surface area contributed by atoms with Crippen molar-refractivity contribution in [2.24, 2.45) is 0 Å². The zero-order valence-electron chi connectivity index (χ0n) is 11.1. The first-order valence-electron chi connectivity index (χ1n) is 6.52. The first-order valence-corrected chi connectivity index (χ1v) is 6.52. The van der Waals surface area contributed by atoms with Gasteiger partial charge in [0.25, 0.3) is 0 Å². The number of benzene rings is 1. The molecule has 4 heterocycles. The number of aromatic hydroxyl groups is 1. The van der Waals surface area contributed by atoms with Crippen LogP contribution < -0.4 is 0 Å². The summed E-state index contributed by atoms with van der Waals surface area (Å²) in [4.78, 5) is 20.1. The largest absolute Gasteiger partial charge is 0.507 e. The molecule has 0 amide bonds. The van der Waals surface area contributed by atoms with Crippen molar-refractivity contribution in [1.29, 1.82) is 0 Å². The number of aromatic carboxylic acids is 1. The predicted molar refractivity (Wildman–Crippen MR) is 71.6 cm³/mol. The van der Waals surface area contributed by atoms with Crippen molar-refractivity contribution >= 4 is 5.97 Å². The molecule has 1 aromatic carbocycles. The van der Waals surface area contributed by atoms with Crippen molar-refractivity contribution in [2.75, 3.05) is 40.0 Å². The SMILES string of the molecule is C1N2CN3CN1CN(C2)C3.O=C(O)c1ccccc1O. The van der Waals surface area contributed by atoms with Crippen LogP contribution in [0.15, 0.2) is 24.3 Å². The number of para-hydroxylation sites is 1. The van der Waals surface area contributed by atoms with Crippen molar-refractivity contribution in [3.63, 3.8) is 0 Å². The molecule has 0 atom stereocenters. The van der Waals surface area contributed by atoms with Crippen LogP contribution in [0.5, 0.6) is 5.75 Å². The summed E-state index contributed by atoms with van der Waals surface area (Å²) < 4.78 is 0. The Morgan fingerprint density at radius 1 is 0.850 bits per heavy atom. The van der Waals surface area contributed by atoms with Crippen LogP contribution in [0, 0.1) is 0 Å². The van der Waals surface area contributed by atoms with E-state index in [0.29, 0.717) is 0 Å². The molecule has 4 aliphatic heterocycles. The second-order valence-electron chi connectivity index (χ2n) is 5.35. The van der Waals surface area contributed by atoms with Crippen molar-refractivity contribution in [3.05, 3.63) is 29.8 Å². The number of carboxylic acid groups (broad SMARTS) is 1. The average molecular weight is 278 g/mol. The highest BCUT2D eigenvalue weighted by Crippen LogP contribution is 2.20. The highest BCUT2D eigenvalue weighted by molar-refractivity contribution is 5.90. The minimum Gasteiger partial charge on any atom is -0.507 e. The van der Waals surface area contributed by atoms with Gasteiger partial charge in [-0.3, -0.25) is 19.6 Å². The predicted octanol–water partition coefficient (Wildman–Crippen LogP) is 0.0706. The molecule has 1 aromatic rings. The summed E-state index contributed by atoms with van der Waals surface area (Å²) in [5.74, 6) is -1.31. The molecule has 5 rings (SSSR count). The van der Waals surface area contributed by atoms with E-state index >= 15 is 0 Å².